The molecule has 0 radical (unpaired) electrons. The number of ether oxygens (including phenoxy) is 1. The van der Waals surface area contributed by atoms with Crippen molar-refractivity contribution in [2.75, 3.05) is 30.2 Å². The number of aliphatic hydroxyl groups is 1. The van der Waals surface area contributed by atoms with Crippen LogP contribution in [0.15, 0.2) is 65.6 Å². The van der Waals surface area contributed by atoms with Crippen LogP contribution in [-0.4, -0.2) is 43.4 Å². The molecule has 1 aliphatic carbocycles. The molecule has 0 amide bonds. The number of nitrogens with zero attached hydrogens (tertiary/aromatic N) is 1. The summed E-state index contributed by atoms with van der Waals surface area (Å²) in [6, 6.07) is 15.5. The summed E-state index contributed by atoms with van der Waals surface area (Å²) in [4.78, 5) is -0.546. The van der Waals surface area contributed by atoms with Crippen molar-refractivity contribution in [3.05, 3.63) is 77.7 Å². The lowest BCUT2D eigenvalue weighted by atomic mass is 10.1. The highest BCUT2D eigenvalue weighted by Crippen LogP contribution is 2.42. The number of fused-ring (bicyclic) bond motifs is 1. The van der Waals surface area contributed by atoms with Gasteiger partial charge in [-0.3, -0.25) is 9.82 Å². The third-order valence-electron chi connectivity index (χ3n) is 6.20. The lowest BCUT2D eigenvalue weighted by Crippen LogP contribution is -2.26. The molecule has 0 bridgehead atoms. The highest BCUT2D eigenvalue weighted by atomic mass is 32.2. The van der Waals surface area contributed by atoms with Gasteiger partial charge in [0, 0.05) is 47.5 Å². The van der Waals surface area contributed by atoms with E-state index in [2.05, 4.69) is 20.2 Å². The molecule has 1 heterocycles. The molecule has 0 unspecified atom stereocenters. The van der Waals surface area contributed by atoms with Gasteiger partial charge in [-0.15, -0.1) is 0 Å². The summed E-state index contributed by atoms with van der Waals surface area (Å²) in [6.07, 6.45) is 1.52. The molecule has 0 aliphatic heterocycles. The summed E-state index contributed by atoms with van der Waals surface area (Å²) in [5.41, 5.74) is 8.51. The molecule has 1 aliphatic rings. The Labute approximate surface area is 213 Å². The van der Waals surface area contributed by atoms with Gasteiger partial charge in [-0.1, -0.05) is 12.1 Å². The van der Waals surface area contributed by atoms with E-state index in [9.17, 15) is 17.9 Å². The Bertz CT molecular complexity index is 1520. The van der Waals surface area contributed by atoms with Gasteiger partial charge in [-0.2, -0.15) is 5.10 Å². The second kappa shape index (κ2) is 10.4. The van der Waals surface area contributed by atoms with Crippen molar-refractivity contribution in [1.29, 1.82) is 0 Å². The molecular formula is C26H28FN5O4S. The van der Waals surface area contributed by atoms with Crippen LogP contribution in [0, 0.1) is 5.82 Å². The Morgan fingerprint density at radius 1 is 1.16 bits per heavy atom. The number of hydrogen-bond acceptors (Lipinski definition) is 7. The van der Waals surface area contributed by atoms with Crippen molar-refractivity contribution in [2.24, 2.45) is 0 Å². The van der Waals surface area contributed by atoms with Crippen LogP contribution in [0.5, 0.6) is 5.75 Å². The molecule has 11 heteroatoms. The molecule has 194 valence electrons. The standard InChI is InChI=1S/C26H28FN5O4S/c27-22-9-6-18(28)13-25(22)37(34,35)32-19-3-1-2-17(12-19)24(33)15-29-10-11-36-20-7-8-21-23(14-20)30-31-26(21)16-4-5-16/h1-3,6-9,12-14,16,24,29,32-33H,4-5,10-11,15,28H2,(H,30,31)/t24-/m0/s1. The Hall–Kier alpha value is -3.67. The Morgan fingerprint density at radius 3 is 2.81 bits per heavy atom. The zero-order valence-corrected chi connectivity index (χ0v) is 20.8. The zero-order valence-electron chi connectivity index (χ0n) is 19.9. The zero-order chi connectivity index (χ0) is 26.0. The maximum Gasteiger partial charge on any atom is 0.264 e. The Morgan fingerprint density at radius 2 is 2.00 bits per heavy atom. The van der Waals surface area contributed by atoms with Gasteiger partial charge in [-0.25, -0.2) is 12.8 Å². The van der Waals surface area contributed by atoms with E-state index in [1.54, 1.807) is 12.1 Å². The van der Waals surface area contributed by atoms with E-state index in [0.29, 0.717) is 24.6 Å². The maximum absolute atomic E-state index is 14.0. The van der Waals surface area contributed by atoms with Crippen LogP contribution in [0.3, 0.4) is 0 Å². The molecule has 0 spiro atoms. The van der Waals surface area contributed by atoms with Crippen molar-refractivity contribution < 1.29 is 22.7 Å². The average Bonchev–Trinajstić information content (AvgIpc) is 3.63. The van der Waals surface area contributed by atoms with Gasteiger partial charge >= 0.3 is 0 Å². The summed E-state index contributed by atoms with van der Waals surface area (Å²) < 4.78 is 47.4. The van der Waals surface area contributed by atoms with E-state index in [0.717, 1.165) is 28.8 Å². The second-order valence-corrected chi connectivity index (χ2v) is 10.7. The minimum absolute atomic E-state index is 0.130. The first kappa shape index (κ1) is 25.0. The molecule has 0 saturated heterocycles. The van der Waals surface area contributed by atoms with Crippen LogP contribution in [0.4, 0.5) is 15.8 Å². The SMILES string of the molecule is Nc1ccc(F)c(S(=O)(=O)Nc2cccc([C@@H](O)CNCCOc3ccc4c(C5CC5)[nH]nc4c3)c2)c1. The topological polar surface area (TPSA) is 142 Å². The predicted molar refractivity (Wildman–Crippen MR) is 139 cm³/mol. The predicted octanol–water partition coefficient (Wildman–Crippen LogP) is 3.66. The number of benzene rings is 3. The molecule has 1 aromatic heterocycles. The summed E-state index contributed by atoms with van der Waals surface area (Å²) in [6.45, 7) is 1.11. The molecule has 4 aromatic rings. The minimum atomic E-state index is -4.20. The van der Waals surface area contributed by atoms with Gasteiger partial charge in [0.2, 0.25) is 0 Å². The maximum atomic E-state index is 14.0. The van der Waals surface area contributed by atoms with Crippen LogP contribution < -0.4 is 20.5 Å². The first-order valence-corrected chi connectivity index (χ1v) is 13.5. The first-order valence-electron chi connectivity index (χ1n) is 12.0. The summed E-state index contributed by atoms with van der Waals surface area (Å²) in [5.74, 6) is 0.413. The minimum Gasteiger partial charge on any atom is -0.492 e. The molecule has 1 fully saturated rings. The average molecular weight is 526 g/mol. The van der Waals surface area contributed by atoms with Crippen LogP contribution in [0.25, 0.3) is 10.9 Å². The molecule has 6 N–H and O–H groups in total. The van der Waals surface area contributed by atoms with Gasteiger partial charge in [0.15, 0.2) is 0 Å². The number of nitrogen functional groups attached to an aromatic ring is 1. The van der Waals surface area contributed by atoms with E-state index < -0.39 is 26.8 Å². The van der Waals surface area contributed by atoms with E-state index in [1.165, 1.54) is 36.7 Å². The number of nitrogens with one attached hydrogen (secondary N) is 3. The van der Waals surface area contributed by atoms with Crippen molar-refractivity contribution in [2.45, 2.75) is 29.8 Å². The number of hydrogen-bond donors (Lipinski definition) is 5. The quantitative estimate of drug-likeness (QED) is 0.149. The number of sulfonamides is 1. The molecule has 1 saturated carbocycles. The number of anilines is 2. The van der Waals surface area contributed by atoms with Crippen molar-refractivity contribution in [3.8, 4) is 5.75 Å². The van der Waals surface area contributed by atoms with Crippen molar-refractivity contribution in [3.63, 3.8) is 0 Å². The summed E-state index contributed by atoms with van der Waals surface area (Å²) >= 11 is 0. The smallest absolute Gasteiger partial charge is 0.264 e. The van der Waals surface area contributed by atoms with Gasteiger partial charge < -0.3 is 20.9 Å². The lowest BCUT2D eigenvalue weighted by molar-refractivity contribution is 0.172. The number of aromatic nitrogens is 2. The molecule has 1 atom stereocenters. The summed E-state index contributed by atoms with van der Waals surface area (Å²) in [7, 11) is -4.20. The number of aromatic amines is 1. The fraction of sp³-hybridized carbons (Fsp3) is 0.269. The highest BCUT2D eigenvalue weighted by Gasteiger charge is 2.27. The monoisotopic (exact) mass is 525 g/mol. The molecule has 5 rings (SSSR count). The normalized spacial score (nSPS) is 14.5. The second-order valence-electron chi connectivity index (χ2n) is 9.08. The molecule has 37 heavy (non-hydrogen) atoms. The van der Waals surface area contributed by atoms with Crippen LogP contribution >= 0.6 is 0 Å². The van der Waals surface area contributed by atoms with Crippen molar-refractivity contribution >= 4 is 32.3 Å². The number of H-pyrrole nitrogens is 1. The third kappa shape index (κ3) is 5.85. The highest BCUT2D eigenvalue weighted by molar-refractivity contribution is 7.92. The molecule has 3 aromatic carbocycles. The lowest BCUT2D eigenvalue weighted by Gasteiger charge is -2.15. The number of nitrogens with two attached hydrogens (primary N) is 1. The van der Waals surface area contributed by atoms with Gasteiger partial charge in [0.05, 0.1) is 11.6 Å². The Balaban J connectivity index is 1.12. The third-order valence-corrected chi connectivity index (χ3v) is 7.59. The summed E-state index contributed by atoms with van der Waals surface area (Å²) in [5, 5.41) is 22.3. The number of aliphatic hydroxyl groups excluding tert-OH is 1. The van der Waals surface area contributed by atoms with E-state index in [1.807, 2.05) is 18.2 Å². The van der Waals surface area contributed by atoms with Crippen LogP contribution in [-0.2, 0) is 10.0 Å². The van der Waals surface area contributed by atoms with E-state index in [4.69, 9.17) is 10.5 Å². The number of halogens is 1. The van der Waals surface area contributed by atoms with E-state index in [-0.39, 0.29) is 17.9 Å². The van der Waals surface area contributed by atoms with Gasteiger partial charge in [-0.05, 0) is 60.9 Å². The van der Waals surface area contributed by atoms with E-state index >= 15 is 0 Å². The molecule has 9 nitrogen and oxygen atoms in total. The fourth-order valence-electron chi connectivity index (χ4n) is 4.13. The number of rotatable bonds is 11. The first-order chi connectivity index (χ1) is 17.8. The van der Waals surface area contributed by atoms with Crippen LogP contribution in [0.1, 0.15) is 36.1 Å². The van der Waals surface area contributed by atoms with Gasteiger partial charge in [0.1, 0.15) is 23.1 Å². The van der Waals surface area contributed by atoms with Crippen molar-refractivity contribution in [1.82, 2.24) is 15.5 Å². The van der Waals surface area contributed by atoms with Gasteiger partial charge in [0.25, 0.3) is 10.0 Å². The Kier molecular flexibility index (Phi) is 7.00. The fourth-order valence-corrected chi connectivity index (χ4v) is 5.29. The largest absolute Gasteiger partial charge is 0.492 e. The van der Waals surface area contributed by atoms with Crippen LogP contribution in [0.2, 0.25) is 0 Å². The molecular weight excluding hydrogens is 497 g/mol.